The molecule has 25 heavy (non-hydrogen) atoms. The third-order valence-corrected chi connectivity index (χ3v) is 6.48. The maximum Gasteiger partial charge on any atom is 0.243 e. The Morgan fingerprint density at radius 1 is 1.12 bits per heavy atom. The van der Waals surface area contributed by atoms with Crippen molar-refractivity contribution in [3.8, 4) is 11.5 Å². The zero-order chi connectivity index (χ0) is 17.6. The highest BCUT2D eigenvalue weighted by Gasteiger charge is 2.29. The van der Waals surface area contributed by atoms with Gasteiger partial charge in [0, 0.05) is 43.1 Å². The predicted octanol–water partition coefficient (Wildman–Crippen LogP) is 2.52. The second kappa shape index (κ2) is 6.00. The van der Waals surface area contributed by atoms with Gasteiger partial charge in [0.2, 0.25) is 10.0 Å². The first-order valence-corrected chi connectivity index (χ1v) is 9.56. The minimum atomic E-state index is -3.72. The van der Waals surface area contributed by atoms with Crippen LogP contribution in [0.15, 0.2) is 35.2 Å². The summed E-state index contributed by atoms with van der Waals surface area (Å²) in [5.74, 6) is 1.14. The van der Waals surface area contributed by atoms with Crippen molar-refractivity contribution in [1.29, 1.82) is 0 Å². The summed E-state index contributed by atoms with van der Waals surface area (Å²) in [5.41, 5.74) is 2.95. The molecule has 0 radical (unpaired) electrons. The third kappa shape index (κ3) is 2.77. The normalized spacial score (nSPS) is 15.6. The molecule has 2 aromatic rings. The van der Waals surface area contributed by atoms with E-state index >= 15 is 0 Å². The molecule has 0 bridgehead atoms. The summed E-state index contributed by atoms with van der Waals surface area (Å²) in [5, 5.41) is 0. The molecule has 0 atom stereocenters. The SMILES string of the molecule is CN(Cc1c2c(cc3c1OCC3)OCC2)S(=O)(=O)c1ccc(F)cc1. The Kier molecular flexibility index (Phi) is 3.92. The molecule has 0 N–H and O–H groups in total. The number of hydrogen-bond donors (Lipinski definition) is 0. The molecular weight excluding hydrogens is 345 g/mol. The van der Waals surface area contributed by atoms with E-state index in [1.807, 2.05) is 6.07 Å². The van der Waals surface area contributed by atoms with Crippen LogP contribution in [0.5, 0.6) is 11.5 Å². The van der Waals surface area contributed by atoms with Crippen LogP contribution in [0.1, 0.15) is 16.7 Å². The Bertz CT molecular complexity index is 893. The van der Waals surface area contributed by atoms with E-state index in [9.17, 15) is 12.8 Å². The van der Waals surface area contributed by atoms with Crippen molar-refractivity contribution in [2.75, 3.05) is 20.3 Å². The molecule has 132 valence electrons. The van der Waals surface area contributed by atoms with Gasteiger partial charge in [-0.25, -0.2) is 12.8 Å². The first-order chi connectivity index (χ1) is 12.0. The van der Waals surface area contributed by atoms with Crippen molar-refractivity contribution in [1.82, 2.24) is 4.31 Å². The van der Waals surface area contributed by atoms with E-state index in [1.54, 1.807) is 0 Å². The Balaban J connectivity index is 1.70. The molecule has 0 aromatic heterocycles. The topological polar surface area (TPSA) is 55.8 Å². The van der Waals surface area contributed by atoms with Crippen molar-refractivity contribution < 1.29 is 22.3 Å². The highest BCUT2D eigenvalue weighted by molar-refractivity contribution is 7.89. The van der Waals surface area contributed by atoms with Crippen LogP contribution in [0.2, 0.25) is 0 Å². The molecule has 2 aromatic carbocycles. The van der Waals surface area contributed by atoms with Gasteiger partial charge in [0.15, 0.2) is 0 Å². The van der Waals surface area contributed by atoms with Crippen LogP contribution in [0.4, 0.5) is 4.39 Å². The van der Waals surface area contributed by atoms with Gasteiger partial charge in [-0.3, -0.25) is 0 Å². The van der Waals surface area contributed by atoms with Gasteiger partial charge >= 0.3 is 0 Å². The number of hydrogen-bond acceptors (Lipinski definition) is 4. The van der Waals surface area contributed by atoms with Gasteiger partial charge < -0.3 is 9.47 Å². The maximum absolute atomic E-state index is 13.1. The summed E-state index contributed by atoms with van der Waals surface area (Å²) in [7, 11) is -2.20. The van der Waals surface area contributed by atoms with Crippen LogP contribution >= 0.6 is 0 Å². The van der Waals surface area contributed by atoms with Gasteiger partial charge in [-0.2, -0.15) is 4.31 Å². The van der Waals surface area contributed by atoms with Gasteiger partial charge in [-0.15, -0.1) is 0 Å². The van der Waals surface area contributed by atoms with Crippen molar-refractivity contribution in [2.24, 2.45) is 0 Å². The molecule has 5 nitrogen and oxygen atoms in total. The van der Waals surface area contributed by atoms with Gasteiger partial charge in [0.1, 0.15) is 17.3 Å². The highest BCUT2D eigenvalue weighted by atomic mass is 32.2. The van der Waals surface area contributed by atoms with Crippen LogP contribution in [0.3, 0.4) is 0 Å². The first kappa shape index (κ1) is 16.4. The molecule has 7 heteroatoms. The fourth-order valence-electron chi connectivity index (χ4n) is 3.35. The Labute approximate surface area is 146 Å². The Morgan fingerprint density at radius 2 is 1.84 bits per heavy atom. The molecule has 0 aliphatic carbocycles. The van der Waals surface area contributed by atoms with Crippen LogP contribution < -0.4 is 9.47 Å². The van der Waals surface area contributed by atoms with Crippen molar-refractivity contribution >= 4 is 10.0 Å². The number of fused-ring (bicyclic) bond motifs is 2. The molecule has 0 fully saturated rings. The highest BCUT2D eigenvalue weighted by Crippen LogP contribution is 2.41. The van der Waals surface area contributed by atoms with E-state index in [0.29, 0.717) is 13.2 Å². The molecule has 0 spiro atoms. The second-order valence-electron chi connectivity index (χ2n) is 6.23. The smallest absolute Gasteiger partial charge is 0.243 e. The monoisotopic (exact) mass is 363 g/mol. The van der Waals surface area contributed by atoms with E-state index in [0.717, 1.165) is 53.2 Å². The lowest BCUT2D eigenvalue weighted by Gasteiger charge is -2.20. The van der Waals surface area contributed by atoms with Crippen molar-refractivity contribution in [3.05, 3.63) is 52.8 Å². The van der Waals surface area contributed by atoms with Crippen molar-refractivity contribution in [2.45, 2.75) is 24.3 Å². The zero-order valence-electron chi connectivity index (χ0n) is 13.8. The lowest BCUT2D eigenvalue weighted by molar-refractivity contribution is 0.348. The first-order valence-electron chi connectivity index (χ1n) is 8.12. The number of benzene rings is 2. The average molecular weight is 363 g/mol. The Morgan fingerprint density at radius 3 is 2.60 bits per heavy atom. The van der Waals surface area contributed by atoms with Crippen LogP contribution in [-0.4, -0.2) is 33.0 Å². The van der Waals surface area contributed by atoms with E-state index in [2.05, 4.69) is 0 Å². The second-order valence-corrected chi connectivity index (χ2v) is 8.28. The zero-order valence-corrected chi connectivity index (χ0v) is 14.6. The van der Waals surface area contributed by atoms with E-state index in [4.69, 9.17) is 9.47 Å². The molecule has 0 unspecified atom stereocenters. The standard InChI is InChI=1S/C18H18FNO4S/c1-20(25(21,22)14-4-2-13(19)3-5-14)11-16-15-7-9-23-17(15)10-12-6-8-24-18(12)16/h2-5,10H,6-9,11H2,1H3. The molecule has 0 amide bonds. The van der Waals surface area contributed by atoms with Crippen molar-refractivity contribution in [3.63, 3.8) is 0 Å². The van der Waals surface area contributed by atoms with Gasteiger partial charge in [-0.05, 0) is 30.3 Å². The van der Waals surface area contributed by atoms with E-state index < -0.39 is 15.8 Å². The van der Waals surface area contributed by atoms with Gasteiger partial charge in [0.25, 0.3) is 0 Å². The van der Waals surface area contributed by atoms with E-state index in [1.165, 1.54) is 23.5 Å². The van der Waals surface area contributed by atoms with Crippen LogP contribution in [-0.2, 0) is 29.4 Å². The fourth-order valence-corrected chi connectivity index (χ4v) is 4.49. The van der Waals surface area contributed by atoms with Gasteiger partial charge in [-0.1, -0.05) is 0 Å². The molecule has 0 saturated heterocycles. The third-order valence-electron chi connectivity index (χ3n) is 4.66. The quantitative estimate of drug-likeness (QED) is 0.838. The fraction of sp³-hybridized carbons (Fsp3) is 0.333. The summed E-state index contributed by atoms with van der Waals surface area (Å²) in [6.45, 7) is 1.38. The van der Waals surface area contributed by atoms with Gasteiger partial charge in [0.05, 0.1) is 18.1 Å². The number of sulfonamides is 1. The molecule has 4 rings (SSSR count). The lowest BCUT2D eigenvalue weighted by Crippen LogP contribution is -2.27. The molecular formula is C18H18FNO4S. The molecule has 2 aliphatic heterocycles. The number of halogens is 1. The summed E-state index contributed by atoms with van der Waals surface area (Å²) < 4.78 is 51.3. The largest absolute Gasteiger partial charge is 0.493 e. The molecule has 2 aliphatic rings. The maximum atomic E-state index is 13.1. The number of rotatable bonds is 4. The summed E-state index contributed by atoms with van der Waals surface area (Å²) >= 11 is 0. The number of ether oxygens (including phenoxy) is 2. The summed E-state index contributed by atoms with van der Waals surface area (Å²) in [4.78, 5) is 0.0674. The summed E-state index contributed by atoms with van der Waals surface area (Å²) in [6, 6.07) is 6.86. The minimum absolute atomic E-state index is 0.0674. The predicted molar refractivity (Wildman–Crippen MR) is 89.9 cm³/mol. The summed E-state index contributed by atoms with van der Waals surface area (Å²) in [6.07, 6.45) is 1.54. The minimum Gasteiger partial charge on any atom is -0.493 e. The molecule has 2 heterocycles. The van der Waals surface area contributed by atoms with E-state index in [-0.39, 0.29) is 11.4 Å². The number of nitrogens with zero attached hydrogens (tertiary/aromatic N) is 1. The molecule has 0 saturated carbocycles. The van der Waals surface area contributed by atoms with Crippen LogP contribution in [0, 0.1) is 5.82 Å². The van der Waals surface area contributed by atoms with Crippen LogP contribution in [0.25, 0.3) is 0 Å². The average Bonchev–Trinajstić information content (AvgIpc) is 3.23. The lowest BCUT2D eigenvalue weighted by atomic mass is 9.99. The Hall–Kier alpha value is -2.12.